The zero-order valence-corrected chi connectivity index (χ0v) is 27.6. The van der Waals surface area contributed by atoms with E-state index in [1.807, 2.05) is 6.07 Å². The number of alkyl halides is 1. The highest BCUT2D eigenvalue weighted by atomic mass is 32.2. The Kier molecular flexibility index (Phi) is 11.0. The van der Waals surface area contributed by atoms with Gasteiger partial charge in [0.1, 0.15) is 17.8 Å². The molecule has 1 saturated heterocycles. The van der Waals surface area contributed by atoms with Gasteiger partial charge in [-0.25, -0.2) is 14.2 Å². The van der Waals surface area contributed by atoms with Crippen molar-refractivity contribution in [2.45, 2.75) is 58.4 Å². The third-order valence-corrected chi connectivity index (χ3v) is 8.72. The molecule has 2 heterocycles. The second-order valence-corrected chi connectivity index (χ2v) is 13.8. The first-order valence-electron chi connectivity index (χ1n) is 15.1. The molecule has 1 fully saturated rings. The largest absolute Gasteiger partial charge is 0.444 e. The Morgan fingerprint density at radius 1 is 1.21 bits per heavy atom. The number of aryl methyl sites for hydroxylation is 1. The summed E-state index contributed by atoms with van der Waals surface area (Å²) in [6.07, 6.45) is 0.337. The summed E-state index contributed by atoms with van der Waals surface area (Å²) >= 11 is 0. The Labute approximate surface area is 272 Å². The van der Waals surface area contributed by atoms with E-state index in [9.17, 15) is 32.5 Å². The van der Waals surface area contributed by atoms with Crippen molar-refractivity contribution < 1.29 is 27.1 Å². The molecule has 3 aromatic rings. The molecule has 0 radical (unpaired) electrons. The number of nitriles is 1. The molecule has 0 unspecified atom stereocenters. The number of hydrogen-bond donors (Lipinski definition) is 3. The number of ether oxygens (including phenoxy) is 1. The Bertz CT molecular complexity index is 1840. The van der Waals surface area contributed by atoms with Crippen molar-refractivity contribution in [2.24, 2.45) is 0 Å². The zero-order valence-electron chi connectivity index (χ0n) is 26.7. The Morgan fingerprint density at radius 2 is 1.96 bits per heavy atom. The van der Waals surface area contributed by atoms with Gasteiger partial charge in [-0.15, -0.1) is 0 Å². The van der Waals surface area contributed by atoms with Gasteiger partial charge >= 0.3 is 16.3 Å². The molecule has 2 aromatic carbocycles. The van der Waals surface area contributed by atoms with Crippen LogP contribution >= 0.6 is 0 Å². The van der Waals surface area contributed by atoms with Crippen LogP contribution in [-0.4, -0.2) is 84.2 Å². The number of carbonyl (C=O) groups is 2. The van der Waals surface area contributed by atoms with E-state index in [2.05, 4.69) is 20.3 Å². The number of amides is 2. The maximum absolute atomic E-state index is 13.6. The summed E-state index contributed by atoms with van der Waals surface area (Å²) in [7, 11) is -2.48. The second kappa shape index (κ2) is 14.8. The molecule has 3 N–H and O–H groups in total. The first kappa shape index (κ1) is 35.1. The van der Waals surface area contributed by atoms with E-state index >= 15 is 0 Å². The topological polar surface area (TPSA) is 179 Å². The lowest BCUT2D eigenvalue weighted by molar-refractivity contribution is -0.121. The van der Waals surface area contributed by atoms with Crippen LogP contribution in [0.5, 0.6) is 0 Å². The Balaban J connectivity index is 1.38. The molecule has 1 aliphatic heterocycles. The van der Waals surface area contributed by atoms with Crippen molar-refractivity contribution in [1.29, 1.82) is 5.26 Å². The fraction of sp³-hybridized carbons (Fsp3) is 0.452. The lowest BCUT2D eigenvalue weighted by Gasteiger charge is -2.24. The Morgan fingerprint density at radius 3 is 2.64 bits per heavy atom. The molecule has 252 valence electrons. The van der Waals surface area contributed by atoms with Crippen molar-refractivity contribution in [2.75, 3.05) is 43.3 Å². The normalized spacial score (nSPS) is 15.2. The van der Waals surface area contributed by atoms with Gasteiger partial charge in [0.25, 0.3) is 5.56 Å². The summed E-state index contributed by atoms with van der Waals surface area (Å²) in [5.74, 6) is -0.222. The fourth-order valence-corrected chi connectivity index (χ4v) is 6.10. The van der Waals surface area contributed by atoms with Gasteiger partial charge in [0.2, 0.25) is 5.91 Å². The van der Waals surface area contributed by atoms with Gasteiger partial charge in [-0.1, -0.05) is 6.07 Å². The van der Waals surface area contributed by atoms with Crippen LogP contribution in [0.2, 0.25) is 0 Å². The number of hydrogen-bond acceptors (Lipinski definition) is 9. The molecule has 0 saturated carbocycles. The van der Waals surface area contributed by atoms with E-state index in [1.165, 1.54) is 21.9 Å². The van der Waals surface area contributed by atoms with E-state index in [1.54, 1.807) is 58.2 Å². The Hall–Kier alpha value is -4.75. The quantitative estimate of drug-likeness (QED) is 0.260. The number of anilines is 3. The van der Waals surface area contributed by atoms with Gasteiger partial charge in [-0.2, -0.15) is 18.0 Å². The fourth-order valence-electron chi connectivity index (χ4n) is 4.82. The third-order valence-electron chi connectivity index (χ3n) is 7.23. The summed E-state index contributed by atoms with van der Waals surface area (Å²) in [5, 5.41) is 16.0. The molecule has 47 heavy (non-hydrogen) atoms. The van der Waals surface area contributed by atoms with E-state index in [-0.39, 0.29) is 68.3 Å². The van der Waals surface area contributed by atoms with Gasteiger partial charge in [0.15, 0.2) is 0 Å². The summed E-state index contributed by atoms with van der Waals surface area (Å²) in [6.45, 7) is 5.89. The highest BCUT2D eigenvalue weighted by Gasteiger charge is 2.32. The van der Waals surface area contributed by atoms with Gasteiger partial charge in [-0.05, 0) is 63.9 Å². The maximum Gasteiger partial charge on any atom is 0.410 e. The van der Waals surface area contributed by atoms with Gasteiger partial charge < -0.3 is 20.3 Å². The molecular weight excluding hydrogens is 631 g/mol. The van der Waals surface area contributed by atoms with E-state index in [4.69, 9.17) is 4.74 Å². The minimum atomic E-state index is -4.07. The van der Waals surface area contributed by atoms with Crippen LogP contribution in [0.15, 0.2) is 47.5 Å². The number of nitrogens with zero attached hydrogens (tertiary/aromatic N) is 5. The highest BCUT2D eigenvalue weighted by molar-refractivity contribution is 7.90. The van der Waals surface area contributed by atoms with Crippen LogP contribution in [0.3, 0.4) is 0 Å². The van der Waals surface area contributed by atoms with Crippen LogP contribution in [-0.2, 0) is 26.3 Å². The molecular formula is C31H39FN8O6S. The number of likely N-dealkylation sites (N-methyl/N-ethyl adjacent to an activating group) is 1. The van der Waals surface area contributed by atoms with Crippen molar-refractivity contribution in [3.05, 3.63) is 58.6 Å². The predicted molar refractivity (Wildman–Crippen MR) is 175 cm³/mol. The number of fused-ring (bicyclic) bond motifs is 1. The van der Waals surface area contributed by atoms with E-state index in [0.29, 0.717) is 28.7 Å². The average Bonchev–Trinajstić information content (AvgIpc) is 3.45. The smallest absolute Gasteiger partial charge is 0.410 e. The van der Waals surface area contributed by atoms with Crippen molar-refractivity contribution in [3.63, 3.8) is 0 Å². The lowest BCUT2D eigenvalue weighted by Crippen LogP contribution is -2.39. The van der Waals surface area contributed by atoms with Gasteiger partial charge in [-0.3, -0.25) is 18.9 Å². The maximum atomic E-state index is 13.6. The van der Waals surface area contributed by atoms with Gasteiger partial charge in [0.05, 0.1) is 34.2 Å². The standard InChI is InChI=1S/C31H39FN8O6S/c1-31(2,3)46-30(43)38(4)16-13-34-28(41)9-6-14-39-20-35-25-11-10-22(17-23(25)29(39)42)36-26-7-5-8-27(24(26)18-33)37-47(44,45)40-15-12-21(32)19-40/h5,7-8,10-11,17,20-21,36-37H,6,9,12-16,19H2,1-4H3,(H,34,41)/t21-/m1/s1. The minimum absolute atomic E-state index is 0.0190. The van der Waals surface area contributed by atoms with Crippen LogP contribution in [0.1, 0.15) is 45.6 Å². The zero-order chi connectivity index (χ0) is 34.4. The van der Waals surface area contributed by atoms with Crippen molar-refractivity contribution in [1.82, 2.24) is 24.1 Å². The summed E-state index contributed by atoms with van der Waals surface area (Å²) in [5.41, 5.74) is 0.316. The van der Waals surface area contributed by atoms with Crippen LogP contribution in [0.4, 0.5) is 26.2 Å². The molecule has 2 amide bonds. The number of halogens is 1. The molecule has 0 bridgehead atoms. The van der Waals surface area contributed by atoms with E-state index < -0.39 is 28.1 Å². The number of carbonyl (C=O) groups excluding carboxylic acids is 2. The van der Waals surface area contributed by atoms with Crippen LogP contribution in [0.25, 0.3) is 10.9 Å². The molecule has 1 aliphatic rings. The summed E-state index contributed by atoms with van der Waals surface area (Å²) < 4.78 is 49.3. The molecule has 14 nitrogen and oxygen atoms in total. The number of rotatable bonds is 12. The van der Waals surface area contributed by atoms with Crippen LogP contribution in [0, 0.1) is 11.3 Å². The van der Waals surface area contributed by atoms with Gasteiger partial charge in [0, 0.05) is 51.9 Å². The molecule has 0 aliphatic carbocycles. The molecule has 1 aromatic heterocycles. The van der Waals surface area contributed by atoms with Crippen molar-refractivity contribution in [3.8, 4) is 6.07 Å². The van der Waals surface area contributed by atoms with Crippen LogP contribution < -0.4 is 20.9 Å². The molecule has 16 heteroatoms. The highest BCUT2D eigenvalue weighted by Crippen LogP contribution is 2.29. The molecule has 4 rings (SSSR count). The number of nitrogens with one attached hydrogen (secondary N) is 3. The monoisotopic (exact) mass is 670 g/mol. The van der Waals surface area contributed by atoms with Crippen molar-refractivity contribution >= 4 is 50.2 Å². The predicted octanol–water partition coefficient (Wildman–Crippen LogP) is 3.48. The lowest BCUT2D eigenvalue weighted by atomic mass is 10.1. The third kappa shape index (κ3) is 9.39. The number of aromatic nitrogens is 2. The molecule has 1 atom stereocenters. The second-order valence-electron chi connectivity index (χ2n) is 12.1. The molecule has 0 spiro atoms. The minimum Gasteiger partial charge on any atom is -0.444 e. The average molecular weight is 671 g/mol. The van der Waals surface area contributed by atoms with E-state index in [0.717, 1.165) is 4.31 Å². The summed E-state index contributed by atoms with van der Waals surface area (Å²) in [6, 6.07) is 11.5. The first-order valence-corrected chi connectivity index (χ1v) is 16.5. The first-order chi connectivity index (χ1) is 22.2. The number of benzene rings is 2. The SMILES string of the molecule is CN(CCNC(=O)CCCn1cnc2ccc(Nc3cccc(NS(=O)(=O)N4CC[C@@H](F)C4)c3C#N)cc2c1=O)C(=O)OC(C)(C)C. The summed E-state index contributed by atoms with van der Waals surface area (Å²) in [4.78, 5) is 43.4.